The fourth-order valence-electron chi connectivity index (χ4n) is 2.31. The van der Waals surface area contributed by atoms with Crippen LogP contribution in [0.5, 0.6) is 0 Å². The Hall–Kier alpha value is -2.05. The van der Waals surface area contributed by atoms with Crippen LogP contribution >= 0.6 is 0 Å². The van der Waals surface area contributed by atoms with Gasteiger partial charge in [0.2, 0.25) is 0 Å². The van der Waals surface area contributed by atoms with Gasteiger partial charge in [-0.1, -0.05) is 12.1 Å². The van der Waals surface area contributed by atoms with Crippen molar-refractivity contribution in [3.8, 4) is 0 Å². The first-order valence-electron chi connectivity index (χ1n) is 6.21. The molecule has 1 amide bonds. The van der Waals surface area contributed by atoms with Crippen LogP contribution in [0.1, 0.15) is 30.3 Å². The summed E-state index contributed by atoms with van der Waals surface area (Å²) in [5, 5.41) is 11.9. The molecule has 0 aliphatic carbocycles. The number of amides is 1. The van der Waals surface area contributed by atoms with Crippen molar-refractivity contribution in [2.45, 2.75) is 19.8 Å². The van der Waals surface area contributed by atoms with Gasteiger partial charge in [-0.15, -0.1) is 0 Å². The van der Waals surface area contributed by atoms with E-state index in [1.165, 1.54) is 0 Å². The van der Waals surface area contributed by atoms with Crippen molar-refractivity contribution in [3.63, 3.8) is 0 Å². The maximum atomic E-state index is 12.3. The number of oxime groups is 1. The van der Waals surface area contributed by atoms with Crippen molar-refractivity contribution < 1.29 is 10.0 Å². The number of hydrogen-bond donors (Lipinski definition) is 2. The molecule has 19 heavy (non-hydrogen) atoms. The van der Waals surface area contributed by atoms with E-state index in [1.54, 1.807) is 29.0 Å². The Bertz CT molecular complexity index is 500. The van der Waals surface area contributed by atoms with E-state index >= 15 is 0 Å². The van der Waals surface area contributed by atoms with Crippen LogP contribution in [-0.4, -0.2) is 44.5 Å². The van der Waals surface area contributed by atoms with E-state index in [4.69, 9.17) is 10.9 Å². The first-order chi connectivity index (χ1) is 8.98. The first kappa shape index (κ1) is 13.4. The highest BCUT2D eigenvalue weighted by atomic mass is 16.4. The summed E-state index contributed by atoms with van der Waals surface area (Å²) in [5.41, 5.74) is 5.95. The van der Waals surface area contributed by atoms with E-state index in [0.29, 0.717) is 31.6 Å². The molecule has 0 radical (unpaired) electrons. The summed E-state index contributed by atoms with van der Waals surface area (Å²) in [4.78, 5) is 18.0. The van der Waals surface area contributed by atoms with Crippen molar-refractivity contribution in [3.05, 3.63) is 18.2 Å². The molecule has 2 rings (SSSR count). The molecular formula is C12H19N5O2. The molecule has 1 aromatic heterocycles. The molecule has 0 spiro atoms. The van der Waals surface area contributed by atoms with Crippen molar-refractivity contribution in [2.75, 3.05) is 13.1 Å². The fourth-order valence-corrected chi connectivity index (χ4v) is 2.31. The van der Waals surface area contributed by atoms with E-state index < -0.39 is 0 Å². The molecule has 104 valence electrons. The zero-order valence-corrected chi connectivity index (χ0v) is 11.2. The highest BCUT2D eigenvalue weighted by Crippen LogP contribution is 2.31. The minimum Gasteiger partial charge on any atom is -0.409 e. The summed E-state index contributed by atoms with van der Waals surface area (Å²) in [7, 11) is 1.80. The molecule has 7 heteroatoms. The number of carbonyl (C=O) groups excluding carboxylic acids is 1. The largest absolute Gasteiger partial charge is 0.409 e. The average Bonchev–Trinajstić information content (AvgIpc) is 2.84. The van der Waals surface area contributed by atoms with E-state index in [0.717, 1.165) is 0 Å². The summed E-state index contributed by atoms with van der Waals surface area (Å²) in [6.07, 6.45) is 4.55. The zero-order valence-electron chi connectivity index (χ0n) is 11.2. The smallest absolute Gasteiger partial charge is 0.272 e. The SMILES string of the molecule is Cn1cncc1C(=O)N1CCC(C)(/C(N)=N/O)CC1. The van der Waals surface area contributed by atoms with Crippen LogP contribution in [0.4, 0.5) is 0 Å². The van der Waals surface area contributed by atoms with Gasteiger partial charge in [0.1, 0.15) is 11.5 Å². The van der Waals surface area contributed by atoms with Crippen LogP contribution in [0.2, 0.25) is 0 Å². The third-order valence-electron chi connectivity index (χ3n) is 3.92. The fraction of sp³-hybridized carbons (Fsp3) is 0.583. The molecule has 1 saturated heterocycles. The van der Waals surface area contributed by atoms with Crippen molar-refractivity contribution >= 4 is 11.7 Å². The molecule has 1 aromatic rings. The molecule has 7 nitrogen and oxygen atoms in total. The molecular weight excluding hydrogens is 246 g/mol. The summed E-state index contributed by atoms with van der Waals surface area (Å²) >= 11 is 0. The molecule has 0 bridgehead atoms. The Labute approximate surface area is 111 Å². The van der Waals surface area contributed by atoms with Gasteiger partial charge in [-0.25, -0.2) is 4.98 Å². The molecule has 0 saturated carbocycles. The van der Waals surface area contributed by atoms with Crippen LogP contribution in [-0.2, 0) is 7.05 Å². The van der Waals surface area contributed by atoms with Crippen LogP contribution in [0, 0.1) is 5.41 Å². The highest BCUT2D eigenvalue weighted by molar-refractivity contribution is 5.93. The molecule has 0 aromatic carbocycles. The maximum Gasteiger partial charge on any atom is 0.272 e. The van der Waals surface area contributed by atoms with Crippen LogP contribution in [0.25, 0.3) is 0 Å². The predicted molar refractivity (Wildman–Crippen MR) is 69.9 cm³/mol. The number of nitrogens with zero attached hydrogens (tertiary/aromatic N) is 4. The average molecular weight is 265 g/mol. The predicted octanol–water partition coefficient (Wildman–Crippen LogP) is 0.409. The highest BCUT2D eigenvalue weighted by Gasteiger charge is 2.36. The van der Waals surface area contributed by atoms with Gasteiger partial charge in [0.05, 0.1) is 12.5 Å². The lowest BCUT2D eigenvalue weighted by atomic mass is 9.79. The second-order valence-corrected chi connectivity index (χ2v) is 5.23. The summed E-state index contributed by atoms with van der Waals surface area (Å²) < 4.78 is 1.71. The van der Waals surface area contributed by atoms with Gasteiger partial charge in [0.15, 0.2) is 0 Å². The van der Waals surface area contributed by atoms with E-state index in [9.17, 15) is 4.79 Å². The standard InChI is InChI=1S/C12H19N5O2/c1-12(11(13)15-19)3-5-17(6-4-12)10(18)9-7-14-8-16(9)2/h7-8,19H,3-6H2,1-2H3,(H2,13,15). The number of imidazole rings is 1. The minimum absolute atomic E-state index is 0.0263. The molecule has 2 heterocycles. The Morgan fingerprint density at radius 1 is 1.53 bits per heavy atom. The second kappa shape index (κ2) is 4.91. The van der Waals surface area contributed by atoms with Crippen LogP contribution in [0.3, 0.4) is 0 Å². The number of carbonyl (C=O) groups is 1. The van der Waals surface area contributed by atoms with Gasteiger partial charge in [-0.05, 0) is 12.8 Å². The summed E-state index contributed by atoms with van der Waals surface area (Å²) in [6.45, 7) is 3.14. The van der Waals surface area contributed by atoms with Gasteiger partial charge in [-0.2, -0.15) is 0 Å². The third kappa shape index (κ3) is 2.40. The number of amidine groups is 1. The number of hydrogen-bond acceptors (Lipinski definition) is 4. The Morgan fingerprint density at radius 2 is 2.16 bits per heavy atom. The summed E-state index contributed by atoms with van der Waals surface area (Å²) in [6, 6.07) is 0. The van der Waals surface area contributed by atoms with E-state index in [-0.39, 0.29) is 17.2 Å². The lowest BCUT2D eigenvalue weighted by Crippen LogP contribution is -2.47. The number of aromatic nitrogens is 2. The van der Waals surface area contributed by atoms with Gasteiger partial charge >= 0.3 is 0 Å². The number of likely N-dealkylation sites (tertiary alicyclic amines) is 1. The van der Waals surface area contributed by atoms with Crippen LogP contribution < -0.4 is 5.73 Å². The normalized spacial score (nSPS) is 19.5. The molecule has 3 N–H and O–H groups in total. The van der Waals surface area contributed by atoms with Crippen molar-refractivity contribution in [1.82, 2.24) is 14.5 Å². The number of aryl methyl sites for hydroxylation is 1. The molecule has 1 aliphatic heterocycles. The quantitative estimate of drug-likeness (QED) is 0.350. The van der Waals surface area contributed by atoms with Crippen molar-refractivity contribution in [2.24, 2.45) is 23.4 Å². The Morgan fingerprint density at radius 3 is 2.63 bits per heavy atom. The first-order valence-corrected chi connectivity index (χ1v) is 6.21. The van der Waals surface area contributed by atoms with Crippen LogP contribution in [0.15, 0.2) is 17.7 Å². The number of rotatable bonds is 2. The molecule has 0 atom stereocenters. The molecule has 0 unspecified atom stereocenters. The topological polar surface area (TPSA) is 96.7 Å². The lowest BCUT2D eigenvalue weighted by molar-refractivity contribution is 0.0657. The maximum absolute atomic E-state index is 12.3. The zero-order chi connectivity index (χ0) is 14.0. The van der Waals surface area contributed by atoms with Gasteiger partial charge < -0.3 is 20.4 Å². The molecule has 1 fully saturated rings. The van der Waals surface area contributed by atoms with E-state index in [1.807, 2.05) is 6.92 Å². The Balaban J connectivity index is 2.05. The monoisotopic (exact) mass is 265 g/mol. The minimum atomic E-state index is -0.335. The number of nitrogens with two attached hydrogens (primary N) is 1. The summed E-state index contributed by atoms with van der Waals surface area (Å²) in [5.74, 6) is 0.210. The van der Waals surface area contributed by atoms with Gasteiger partial charge in [0, 0.05) is 25.6 Å². The Kier molecular flexibility index (Phi) is 3.46. The van der Waals surface area contributed by atoms with Gasteiger partial charge in [-0.3, -0.25) is 4.79 Å². The second-order valence-electron chi connectivity index (χ2n) is 5.23. The van der Waals surface area contributed by atoms with Gasteiger partial charge in [0.25, 0.3) is 5.91 Å². The lowest BCUT2D eigenvalue weighted by Gasteiger charge is -2.38. The third-order valence-corrected chi connectivity index (χ3v) is 3.92. The van der Waals surface area contributed by atoms with Crippen molar-refractivity contribution in [1.29, 1.82) is 0 Å². The number of piperidine rings is 1. The van der Waals surface area contributed by atoms with E-state index in [2.05, 4.69) is 10.1 Å². The molecule has 1 aliphatic rings.